The van der Waals surface area contributed by atoms with Gasteiger partial charge in [0.15, 0.2) is 0 Å². The van der Waals surface area contributed by atoms with Crippen LogP contribution in [-0.4, -0.2) is 11.1 Å². The molecule has 1 aliphatic heterocycles. The molecule has 2 heterocycles. The minimum Gasteiger partial charge on any atom is -0.474 e. The maximum atomic E-state index is 14.2. The van der Waals surface area contributed by atoms with E-state index in [2.05, 4.69) is 4.98 Å². The molecular weight excluding hydrogens is 277 g/mol. The summed E-state index contributed by atoms with van der Waals surface area (Å²) in [4.78, 5) is 4.22. The highest BCUT2D eigenvalue weighted by Crippen LogP contribution is 2.37. The summed E-state index contributed by atoms with van der Waals surface area (Å²) >= 11 is 6.05. The molecular formula is C16H15ClFNO. The first-order chi connectivity index (χ1) is 9.54. The van der Waals surface area contributed by atoms with Gasteiger partial charge in [0.05, 0.1) is 6.10 Å². The Morgan fingerprint density at radius 2 is 2.10 bits per heavy atom. The molecule has 0 aliphatic carbocycles. The van der Waals surface area contributed by atoms with Crippen LogP contribution in [0.25, 0.3) is 11.1 Å². The lowest BCUT2D eigenvalue weighted by Crippen LogP contribution is -2.20. The molecule has 20 heavy (non-hydrogen) atoms. The molecule has 0 fully saturated rings. The third kappa shape index (κ3) is 2.38. The SMILES string of the molecule is Cc1ccc(-c2cc(Cl)nc3c2CCC(C)O3)c(F)c1. The Bertz CT molecular complexity index is 672. The summed E-state index contributed by atoms with van der Waals surface area (Å²) in [6, 6.07) is 6.93. The number of hydrogen-bond acceptors (Lipinski definition) is 2. The molecule has 104 valence electrons. The van der Waals surface area contributed by atoms with Gasteiger partial charge in [-0.25, -0.2) is 9.37 Å². The fourth-order valence-corrected chi connectivity index (χ4v) is 2.72. The van der Waals surface area contributed by atoms with Gasteiger partial charge in [-0.2, -0.15) is 0 Å². The molecule has 1 aliphatic rings. The van der Waals surface area contributed by atoms with E-state index in [0.717, 1.165) is 29.5 Å². The Morgan fingerprint density at radius 3 is 2.85 bits per heavy atom. The average molecular weight is 292 g/mol. The normalized spacial score (nSPS) is 17.5. The molecule has 1 unspecified atom stereocenters. The zero-order valence-electron chi connectivity index (χ0n) is 11.4. The van der Waals surface area contributed by atoms with Crippen molar-refractivity contribution in [2.45, 2.75) is 32.8 Å². The van der Waals surface area contributed by atoms with Crippen molar-refractivity contribution >= 4 is 11.6 Å². The monoisotopic (exact) mass is 291 g/mol. The summed E-state index contributed by atoms with van der Waals surface area (Å²) in [5.41, 5.74) is 3.17. The number of hydrogen-bond donors (Lipinski definition) is 0. The lowest BCUT2D eigenvalue weighted by atomic mass is 9.95. The quantitative estimate of drug-likeness (QED) is 0.718. The minimum absolute atomic E-state index is 0.115. The number of ether oxygens (including phenoxy) is 1. The van der Waals surface area contributed by atoms with Crippen LogP contribution in [0.3, 0.4) is 0 Å². The molecule has 0 saturated carbocycles. The second-order valence-corrected chi connectivity index (χ2v) is 5.61. The van der Waals surface area contributed by atoms with Gasteiger partial charge in [0.1, 0.15) is 11.0 Å². The first-order valence-electron chi connectivity index (χ1n) is 6.67. The van der Waals surface area contributed by atoms with E-state index in [9.17, 15) is 4.39 Å². The van der Waals surface area contributed by atoms with E-state index in [1.807, 2.05) is 19.9 Å². The number of nitrogens with zero attached hydrogens (tertiary/aromatic N) is 1. The van der Waals surface area contributed by atoms with E-state index >= 15 is 0 Å². The van der Waals surface area contributed by atoms with Gasteiger partial charge in [0.25, 0.3) is 0 Å². The second kappa shape index (κ2) is 5.06. The van der Waals surface area contributed by atoms with Crippen molar-refractivity contribution in [1.82, 2.24) is 4.98 Å². The van der Waals surface area contributed by atoms with E-state index in [4.69, 9.17) is 16.3 Å². The van der Waals surface area contributed by atoms with Gasteiger partial charge in [-0.05, 0) is 49.9 Å². The predicted octanol–water partition coefficient (Wildman–Crippen LogP) is 4.56. The predicted molar refractivity (Wildman–Crippen MR) is 77.8 cm³/mol. The number of pyridine rings is 1. The molecule has 0 saturated heterocycles. The lowest BCUT2D eigenvalue weighted by molar-refractivity contribution is 0.184. The van der Waals surface area contributed by atoms with Crippen LogP contribution in [-0.2, 0) is 6.42 Å². The molecule has 1 atom stereocenters. The van der Waals surface area contributed by atoms with Gasteiger partial charge in [-0.15, -0.1) is 0 Å². The summed E-state index contributed by atoms with van der Waals surface area (Å²) in [6.45, 7) is 3.87. The number of aromatic nitrogens is 1. The third-order valence-corrected chi connectivity index (χ3v) is 3.78. The Kier molecular flexibility index (Phi) is 3.38. The molecule has 3 rings (SSSR count). The van der Waals surface area contributed by atoms with Crippen molar-refractivity contribution < 1.29 is 9.13 Å². The fraction of sp³-hybridized carbons (Fsp3) is 0.312. The molecule has 2 aromatic rings. The van der Waals surface area contributed by atoms with Crippen LogP contribution < -0.4 is 4.74 Å². The first kappa shape index (κ1) is 13.4. The Labute approximate surface area is 122 Å². The fourth-order valence-electron chi connectivity index (χ4n) is 2.53. The van der Waals surface area contributed by atoms with Crippen LogP contribution in [0.15, 0.2) is 24.3 Å². The molecule has 0 N–H and O–H groups in total. The topological polar surface area (TPSA) is 22.1 Å². The Hall–Kier alpha value is -1.61. The maximum absolute atomic E-state index is 14.2. The van der Waals surface area contributed by atoms with Crippen molar-refractivity contribution in [2.75, 3.05) is 0 Å². The van der Waals surface area contributed by atoms with Crippen LogP contribution in [0.2, 0.25) is 5.15 Å². The van der Waals surface area contributed by atoms with E-state index in [0.29, 0.717) is 16.6 Å². The van der Waals surface area contributed by atoms with E-state index < -0.39 is 0 Å². The summed E-state index contributed by atoms with van der Waals surface area (Å²) in [6.07, 6.45) is 1.84. The van der Waals surface area contributed by atoms with Gasteiger partial charge in [0, 0.05) is 11.1 Å². The highest BCUT2D eigenvalue weighted by atomic mass is 35.5. The summed E-state index contributed by atoms with van der Waals surface area (Å²) < 4.78 is 19.9. The molecule has 0 amide bonds. The minimum atomic E-state index is -0.243. The number of fused-ring (bicyclic) bond motifs is 1. The molecule has 0 radical (unpaired) electrons. The van der Waals surface area contributed by atoms with Crippen molar-refractivity contribution in [3.8, 4) is 17.0 Å². The largest absolute Gasteiger partial charge is 0.474 e. The van der Waals surface area contributed by atoms with Crippen LogP contribution in [0, 0.1) is 12.7 Å². The zero-order chi connectivity index (χ0) is 14.3. The van der Waals surface area contributed by atoms with Crippen molar-refractivity contribution in [3.63, 3.8) is 0 Å². The zero-order valence-corrected chi connectivity index (χ0v) is 12.2. The van der Waals surface area contributed by atoms with Gasteiger partial charge >= 0.3 is 0 Å². The average Bonchev–Trinajstić information content (AvgIpc) is 2.37. The molecule has 0 bridgehead atoms. The maximum Gasteiger partial charge on any atom is 0.218 e. The van der Waals surface area contributed by atoms with Crippen LogP contribution in [0.1, 0.15) is 24.5 Å². The highest BCUT2D eigenvalue weighted by Gasteiger charge is 2.23. The summed E-state index contributed by atoms with van der Waals surface area (Å²) in [7, 11) is 0. The van der Waals surface area contributed by atoms with Gasteiger partial charge in [-0.3, -0.25) is 0 Å². The summed E-state index contributed by atoms with van der Waals surface area (Å²) in [5, 5.41) is 0.327. The van der Waals surface area contributed by atoms with Gasteiger partial charge in [-0.1, -0.05) is 23.7 Å². The van der Waals surface area contributed by atoms with Gasteiger partial charge < -0.3 is 4.74 Å². The van der Waals surface area contributed by atoms with E-state index in [1.54, 1.807) is 12.1 Å². The van der Waals surface area contributed by atoms with Crippen LogP contribution in [0.4, 0.5) is 4.39 Å². The first-order valence-corrected chi connectivity index (χ1v) is 7.05. The van der Waals surface area contributed by atoms with E-state index in [-0.39, 0.29) is 11.9 Å². The highest BCUT2D eigenvalue weighted by molar-refractivity contribution is 6.29. The number of halogens is 2. The summed E-state index contributed by atoms with van der Waals surface area (Å²) in [5.74, 6) is 0.291. The second-order valence-electron chi connectivity index (χ2n) is 5.23. The van der Waals surface area contributed by atoms with Crippen molar-refractivity contribution in [3.05, 3.63) is 46.4 Å². The van der Waals surface area contributed by atoms with Crippen molar-refractivity contribution in [1.29, 1.82) is 0 Å². The number of aryl methyl sites for hydroxylation is 1. The molecule has 2 nitrogen and oxygen atoms in total. The van der Waals surface area contributed by atoms with Crippen LogP contribution in [0.5, 0.6) is 5.88 Å². The van der Waals surface area contributed by atoms with Crippen molar-refractivity contribution in [2.24, 2.45) is 0 Å². The Balaban J connectivity index is 2.18. The molecule has 1 aromatic carbocycles. The Morgan fingerprint density at radius 1 is 1.30 bits per heavy atom. The number of rotatable bonds is 1. The molecule has 4 heteroatoms. The lowest BCUT2D eigenvalue weighted by Gasteiger charge is -2.24. The van der Waals surface area contributed by atoms with Crippen LogP contribution >= 0.6 is 11.6 Å². The third-order valence-electron chi connectivity index (χ3n) is 3.58. The van der Waals surface area contributed by atoms with Gasteiger partial charge in [0.2, 0.25) is 5.88 Å². The smallest absolute Gasteiger partial charge is 0.218 e. The number of benzene rings is 1. The molecule has 0 spiro atoms. The standard InChI is InChI=1S/C16H15ClFNO/c1-9-3-5-11(14(18)7-9)13-8-15(17)19-16-12(13)6-4-10(2)20-16/h3,5,7-8,10H,4,6H2,1-2H3. The molecule has 1 aromatic heterocycles. The van der Waals surface area contributed by atoms with E-state index in [1.165, 1.54) is 6.07 Å².